The maximum atomic E-state index is 4.59. The van der Waals surface area contributed by atoms with Gasteiger partial charge >= 0.3 is 0 Å². The largest absolute Gasteiger partial charge is 0.378 e. The third kappa shape index (κ3) is 5.87. The second-order valence-electron chi connectivity index (χ2n) is 4.84. The summed E-state index contributed by atoms with van der Waals surface area (Å²) in [7, 11) is 0. The Kier molecular flexibility index (Phi) is 7.41. The van der Waals surface area contributed by atoms with Gasteiger partial charge in [-0.05, 0) is 51.1 Å². The van der Waals surface area contributed by atoms with Crippen molar-refractivity contribution in [2.24, 2.45) is 4.99 Å². The number of hydrogen-bond acceptors (Lipinski definition) is 2. The van der Waals surface area contributed by atoms with Crippen LogP contribution in [0.3, 0.4) is 0 Å². The van der Waals surface area contributed by atoms with Crippen LogP contribution in [0, 0.1) is 0 Å². The fourth-order valence-electron chi connectivity index (χ4n) is 1.84. The fraction of sp³-hybridized carbons (Fsp3) is 0.389. The molecule has 0 fully saturated rings. The van der Waals surface area contributed by atoms with Gasteiger partial charge in [0.15, 0.2) is 0 Å². The van der Waals surface area contributed by atoms with E-state index in [-0.39, 0.29) is 6.04 Å². The van der Waals surface area contributed by atoms with E-state index in [0.717, 1.165) is 18.7 Å². The van der Waals surface area contributed by atoms with Crippen LogP contribution in [0.1, 0.15) is 39.3 Å². The van der Waals surface area contributed by atoms with Crippen LogP contribution in [0.5, 0.6) is 0 Å². The Labute approximate surface area is 123 Å². The van der Waals surface area contributed by atoms with Crippen molar-refractivity contribution in [1.29, 1.82) is 0 Å². The molecule has 1 atom stereocenters. The van der Waals surface area contributed by atoms with Gasteiger partial charge in [0.2, 0.25) is 0 Å². The van der Waals surface area contributed by atoms with Crippen molar-refractivity contribution in [3.8, 4) is 0 Å². The second-order valence-corrected chi connectivity index (χ2v) is 4.84. The van der Waals surface area contributed by atoms with Crippen molar-refractivity contribution in [3.63, 3.8) is 0 Å². The summed E-state index contributed by atoms with van der Waals surface area (Å²) in [5.41, 5.74) is 2.41. The van der Waals surface area contributed by atoms with Gasteiger partial charge in [0.25, 0.3) is 0 Å². The molecule has 0 unspecified atom stereocenters. The lowest BCUT2D eigenvalue weighted by Gasteiger charge is -2.13. The Bertz CT molecular complexity index is 454. The first-order valence-electron chi connectivity index (χ1n) is 7.34. The van der Waals surface area contributed by atoms with Gasteiger partial charge in [-0.25, -0.2) is 0 Å². The second kappa shape index (κ2) is 9.13. The van der Waals surface area contributed by atoms with Crippen molar-refractivity contribution in [2.45, 2.75) is 33.7 Å². The topological polar surface area (TPSA) is 15.6 Å². The number of aliphatic imine (C=N–C) groups is 1. The number of benzene rings is 1. The summed E-state index contributed by atoms with van der Waals surface area (Å²) in [6.07, 6.45) is 8.25. The average Bonchev–Trinajstić information content (AvgIpc) is 2.50. The smallest absolute Gasteiger partial charge is 0.0720 e. The SMILES string of the molecule is CCN(/C=C/C=C(\C)C=N[C@H](C)c1ccccc1)CC. The Morgan fingerprint density at radius 3 is 2.45 bits per heavy atom. The molecule has 0 amide bonds. The minimum Gasteiger partial charge on any atom is -0.378 e. The summed E-state index contributed by atoms with van der Waals surface area (Å²) in [4.78, 5) is 6.85. The number of allylic oxidation sites excluding steroid dienone is 3. The Morgan fingerprint density at radius 2 is 1.85 bits per heavy atom. The molecule has 0 N–H and O–H groups in total. The molecular formula is C18H26N2. The Morgan fingerprint density at radius 1 is 1.20 bits per heavy atom. The maximum absolute atomic E-state index is 4.59. The van der Waals surface area contributed by atoms with Gasteiger partial charge < -0.3 is 4.90 Å². The first-order valence-corrected chi connectivity index (χ1v) is 7.34. The quantitative estimate of drug-likeness (QED) is 0.521. The molecule has 0 aromatic heterocycles. The van der Waals surface area contributed by atoms with Crippen LogP contribution in [0.4, 0.5) is 0 Å². The normalized spacial score (nSPS) is 14.1. The lowest BCUT2D eigenvalue weighted by atomic mass is 10.1. The number of hydrogen-bond donors (Lipinski definition) is 0. The van der Waals surface area contributed by atoms with Gasteiger partial charge in [-0.3, -0.25) is 4.99 Å². The summed E-state index contributed by atoms with van der Waals surface area (Å²) >= 11 is 0. The highest BCUT2D eigenvalue weighted by atomic mass is 15.1. The van der Waals surface area contributed by atoms with Crippen LogP contribution in [-0.2, 0) is 0 Å². The molecule has 1 rings (SSSR count). The molecule has 2 nitrogen and oxygen atoms in total. The van der Waals surface area contributed by atoms with Crippen molar-refractivity contribution in [2.75, 3.05) is 13.1 Å². The molecule has 0 aliphatic carbocycles. The summed E-state index contributed by atoms with van der Waals surface area (Å²) in [6.45, 7) is 10.6. The molecule has 0 heterocycles. The van der Waals surface area contributed by atoms with E-state index >= 15 is 0 Å². The van der Waals surface area contributed by atoms with Crippen LogP contribution in [-0.4, -0.2) is 24.2 Å². The van der Waals surface area contributed by atoms with Gasteiger partial charge in [-0.1, -0.05) is 36.4 Å². The molecule has 0 radical (unpaired) electrons. The first-order chi connectivity index (χ1) is 9.67. The standard InChI is InChI=1S/C18H26N2/c1-5-20(6-2)14-10-11-16(3)15-19-17(4)18-12-8-7-9-13-18/h7-15,17H,5-6H2,1-4H3/b14-10+,16-11+,19-15?/t17-/m1/s1. The van der Waals surface area contributed by atoms with Gasteiger partial charge in [0.1, 0.15) is 0 Å². The van der Waals surface area contributed by atoms with Crippen LogP contribution < -0.4 is 0 Å². The zero-order valence-electron chi connectivity index (χ0n) is 13.1. The van der Waals surface area contributed by atoms with Crippen LogP contribution in [0.25, 0.3) is 0 Å². The minimum atomic E-state index is 0.200. The fourth-order valence-corrected chi connectivity index (χ4v) is 1.84. The highest BCUT2D eigenvalue weighted by Crippen LogP contribution is 2.15. The molecule has 0 saturated heterocycles. The summed E-state index contributed by atoms with van der Waals surface area (Å²) in [5.74, 6) is 0. The molecule has 0 aliphatic rings. The van der Waals surface area contributed by atoms with Crippen LogP contribution in [0.15, 0.2) is 59.2 Å². The minimum absolute atomic E-state index is 0.200. The van der Waals surface area contributed by atoms with Crippen molar-refractivity contribution >= 4 is 6.21 Å². The van der Waals surface area contributed by atoms with Crippen LogP contribution in [0.2, 0.25) is 0 Å². The lowest BCUT2D eigenvalue weighted by Crippen LogP contribution is -2.14. The van der Waals surface area contributed by atoms with E-state index in [1.54, 1.807) is 0 Å². The molecule has 0 saturated carbocycles. The molecule has 2 heteroatoms. The van der Waals surface area contributed by atoms with Gasteiger partial charge in [-0.15, -0.1) is 0 Å². The maximum Gasteiger partial charge on any atom is 0.0720 e. The summed E-state index contributed by atoms with van der Waals surface area (Å²) in [6, 6.07) is 10.6. The molecule has 1 aromatic carbocycles. The van der Waals surface area contributed by atoms with Gasteiger partial charge in [-0.2, -0.15) is 0 Å². The molecule has 20 heavy (non-hydrogen) atoms. The van der Waals surface area contributed by atoms with Crippen LogP contribution >= 0.6 is 0 Å². The molecular weight excluding hydrogens is 244 g/mol. The predicted octanol–water partition coefficient (Wildman–Crippen LogP) is 4.62. The van der Waals surface area contributed by atoms with E-state index in [1.807, 2.05) is 12.3 Å². The van der Waals surface area contributed by atoms with E-state index < -0.39 is 0 Å². The molecule has 0 aliphatic heterocycles. The predicted molar refractivity (Wildman–Crippen MR) is 89.2 cm³/mol. The monoisotopic (exact) mass is 270 g/mol. The third-order valence-electron chi connectivity index (χ3n) is 3.25. The summed E-state index contributed by atoms with van der Waals surface area (Å²) in [5, 5.41) is 0. The zero-order chi connectivity index (χ0) is 14.8. The zero-order valence-corrected chi connectivity index (χ0v) is 13.1. The molecule has 0 bridgehead atoms. The highest BCUT2D eigenvalue weighted by Gasteiger charge is 1.99. The Balaban J connectivity index is 2.56. The highest BCUT2D eigenvalue weighted by molar-refractivity contribution is 5.78. The third-order valence-corrected chi connectivity index (χ3v) is 3.25. The first kappa shape index (κ1) is 16.2. The summed E-state index contributed by atoms with van der Waals surface area (Å²) < 4.78 is 0. The molecule has 0 spiro atoms. The molecule has 1 aromatic rings. The van der Waals surface area contributed by atoms with E-state index in [0.29, 0.717) is 0 Å². The number of rotatable bonds is 7. The average molecular weight is 270 g/mol. The molecule has 108 valence electrons. The van der Waals surface area contributed by atoms with E-state index in [4.69, 9.17) is 0 Å². The number of nitrogens with zero attached hydrogens (tertiary/aromatic N) is 2. The lowest BCUT2D eigenvalue weighted by molar-refractivity contribution is 0.419. The van der Waals surface area contributed by atoms with Crippen molar-refractivity contribution in [1.82, 2.24) is 4.90 Å². The Hall–Kier alpha value is -1.83. The van der Waals surface area contributed by atoms with Crippen molar-refractivity contribution in [3.05, 3.63) is 59.8 Å². The van der Waals surface area contributed by atoms with Gasteiger partial charge in [0.05, 0.1) is 6.04 Å². The van der Waals surface area contributed by atoms with Gasteiger partial charge in [0, 0.05) is 19.3 Å². The van der Waals surface area contributed by atoms with E-state index in [9.17, 15) is 0 Å². The van der Waals surface area contributed by atoms with Crippen molar-refractivity contribution < 1.29 is 0 Å². The van der Waals surface area contributed by atoms with E-state index in [2.05, 4.69) is 80.2 Å². The van der Waals surface area contributed by atoms with E-state index in [1.165, 1.54) is 5.56 Å².